The lowest BCUT2D eigenvalue weighted by Crippen LogP contribution is -2.43. The van der Waals surface area contributed by atoms with Gasteiger partial charge in [0.1, 0.15) is 5.82 Å². The van der Waals surface area contributed by atoms with Crippen molar-refractivity contribution in [3.8, 4) is 0 Å². The van der Waals surface area contributed by atoms with Crippen LogP contribution in [-0.4, -0.2) is 33.4 Å². The van der Waals surface area contributed by atoms with Crippen LogP contribution in [0.25, 0.3) is 10.9 Å². The van der Waals surface area contributed by atoms with Crippen molar-refractivity contribution in [2.75, 3.05) is 0 Å². The molecule has 1 atom stereocenters. The Morgan fingerprint density at radius 2 is 2.00 bits per heavy atom. The molecule has 0 aliphatic carbocycles. The smallest absolute Gasteiger partial charge is 0.303 e. The topological polar surface area (TPSA) is 111 Å². The van der Waals surface area contributed by atoms with Crippen LogP contribution in [0.4, 0.5) is 4.39 Å². The molecule has 3 rings (SSSR count). The van der Waals surface area contributed by atoms with Gasteiger partial charge in [-0.3, -0.25) is 14.4 Å². The van der Waals surface area contributed by atoms with Crippen molar-refractivity contribution in [1.29, 1.82) is 0 Å². The Labute approximate surface area is 155 Å². The largest absolute Gasteiger partial charge is 0.481 e. The monoisotopic (exact) mass is 375 g/mol. The number of carboxylic acid groups (broad SMARTS) is 1. The fraction of sp³-hybridized carbons (Fsp3) is 0.421. The molecule has 0 bridgehead atoms. The van der Waals surface area contributed by atoms with E-state index in [9.17, 15) is 18.8 Å². The van der Waals surface area contributed by atoms with Crippen LogP contribution in [0.1, 0.15) is 44.2 Å². The zero-order valence-corrected chi connectivity index (χ0v) is 14.8. The second-order valence-corrected chi connectivity index (χ2v) is 7.03. The van der Waals surface area contributed by atoms with Gasteiger partial charge in [-0.25, -0.2) is 4.39 Å². The number of carbonyl (C=O) groups is 3. The third kappa shape index (κ3) is 4.84. The van der Waals surface area contributed by atoms with Gasteiger partial charge < -0.3 is 20.7 Å². The Bertz CT molecular complexity index is 879. The standard InChI is InChI=1S/C19H22FN3O4/c20-13-1-2-15-12(9-13)10-14(22-15)11-21-16(24)3-6-19(8-5-18(26)27)7-4-17(25)23-19/h1-2,9-10,22H,3-8,11H2,(H,21,24)(H,23,25)(H,26,27)/t19-/m0/s1. The maximum Gasteiger partial charge on any atom is 0.303 e. The van der Waals surface area contributed by atoms with Crippen molar-refractivity contribution < 1.29 is 23.9 Å². The molecule has 1 aliphatic rings. The highest BCUT2D eigenvalue weighted by atomic mass is 19.1. The van der Waals surface area contributed by atoms with E-state index >= 15 is 0 Å². The molecular weight excluding hydrogens is 353 g/mol. The summed E-state index contributed by atoms with van der Waals surface area (Å²) in [6.07, 6.45) is 1.75. The number of H-pyrrole nitrogens is 1. The molecule has 2 aromatic rings. The lowest BCUT2D eigenvalue weighted by molar-refractivity contribution is -0.137. The highest BCUT2D eigenvalue weighted by Crippen LogP contribution is 2.30. The Balaban J connectivity index is 1.53. The SMILES string of the molecule is O=C(O)CC[C@]1(CCC(=O)NCc2cc3cc(F)ccc3[nH]2)CCC(=O)N1. The predicted molar refractivity (Wildman–Crippen MR) is 96.3 cm³/mol. The van der Waals surface area contributed by atoms with Gasteiger partial charge in [-0.05, 0) is 43.5 Å². The summed E-state index contributed by atoms with van der Waals surface area (Å²) in [6.45, 7) is 0.281. The van der Waals surface area contributed by atoms with Crippen LogP contribution in [0.2, 0.25) is 0 Å². The number of amides is 2. The normalized spacial score (nSPS) is 19.2. The molecule has 8 heteroatoms. The Kier molecular flexibility index (Phi) is 5.43. The van der Waals surface area contributed by atoms with Crippen molar-refractivity contribution in [2.24, 2.45) is 0 Å². The van der Waals surface area contributed by atoms with Crippen molar-refractivity contribution in [3.05, 3.63) is 35.8 Å². The number of aromatic nitrogens is 1. The number of halogens is 1. The molecule has 0 unspecified atom stereocenters. The van der Waals surface area contributed by atoms with Crippen LogP contribution in [0, 0.1) is 5.82 Å². The van der Waals surface area contributed by atoms with Gasteiger partial charge in [-0.15, -0.1) is 0 Å². The molecule has 7 nitrogen and oxygen atoms in total. The number of fused-ring (bicyclic) bond motifs is 1. The number of benzene rings is 1. The molecule has 0 spiro atoms. The summed E-state index contributed by atoms with van der Waals surface area (Å²) in [7, 11) is 0. The van der Waals surface area contributed by atoms with Gasteiger partial charge in [0.05, 0.1) is 6.54 Å². The second-order valence-electron chi connectivity index (χ2n) is 7.03. The van der Waals surface area contributed by atoms with Gasteiger partial charge >= 0.3 is 5.97 Å². The zero-order valence-electron chi connectivity index (χ0n) is 14.8. The summed E-state index contributed by atoms with van der Waals surface area (Å²) >= 11 is 0. The molecule has 2 amide bonds. The third-order valence-corrected chi connectivity index (χ3v) is 5.00. The summed E-state index contributed by atoms with van der Waals surface area (Å²) in [5, 5.41) is 15.3. The molecular formula is C19H22FN3O4. The number of aliphatic carboxylic acids is 1. The quantitative estimate of drug-likeness (QED) is 0.567. The fourth-order valence-electron chi connectivity index (χ4n) is 3.51. The van der Waals surface area contributed by atoms with Crippen molar-refractivity contribution in [2.45, 2.75) is 50.6 Å². The van der Waals surface area contributed by atoms with Gasteiger partial charge in [-0.1, -0.05) is 0 Å². The first kappa shape index (κ1) is 18.9. The van der Waals surface area contributed by atoms with Crippen LogP contribution in [0.15, 0.2) is 24.3 Å². The average Bonchev–Trinajstić information content (AvgIpc) is 3.19. The molecule has 1 saturated heterocycles. The fourth-order valence-corrected chi connectivity index (χ4v) is 3.51. The van der Waals surface area contributed by atoms with E-state index in [4.69, 9.17) is 5.11 Å². The lowest BCUT2D eigenvalue weighted by Gasteiger charge is -2.28. The maximum atomic E-state index is 13.2. The number of hydrogen-bond donors (Lipinski definition) is 4. The summed E-state index contributed by atoms with van der Waals surface area (Å²) in [5.41, 5.74) is 0.937. The van der Waals surface area contributed by atoms with E-state index in [1.165, 1.54) is 12.1 Å². The van der Waals surface area contributed by atoms with Crippen LogP contribution >= 0.6 is 0 Å². The minimum Gasteiger partial charge on any atom is -0.481 e. The minimum atomic E-state index is -0.921. The molecule has 4 N–H and O–H groups in total. The van der Waals surface area contributed by atoms with E-state index in [2.05, 4.69) is 15.6 Å². The van der Waals surface area contributed by atoms with E-state index in [1.54, 1.807) is 12.1 Å². The first-order valence-corrected chi connectivity index (χ1v) is 8.92. The number of aromatic amines is 1. The number of rotatable bonds is 8. The van der Waals surface area contributed by atoms with E-state index in [0.29, 0.717) is 25.7 Å². The van der Waals surface area contributed by atoms with E-state index in [1.807, 2.05) is 0 Å². The summed E-state index contributed by atoms with van der Waals surface area (Å²) in [5.74, 6) is -1.53. The molecule has 1 aromatic carbocycles. The predicted octanol–water partition coefficient (Wildman–Crippen LogP) is 2.22. The molecule has 1 fully saturated rings. The third-order valence-electron chi connectivity index (χ3n) is 5.00. The minimum absolute atomic E-state index is 0.0481. The Morgan fingerprint density at radius 3 is 2.70 bits per heavy atom. The number of hydrogen-bond acceptors (Lipinski definition) is 3. The summed E-state index contributed by atoms with van der Waals surface area (Å²) < 4.78 is 13.2. The van der Waals surface area contributed by atoms with Crippen molar-refractivity contribution >= 4 is 28.7 Å². The Morgan fingerprint density at radius 1 is 1.22 bits per heavy atom. The molecule has 1 aliphatic heterocycles. The molecule has 2 heterocycles. The van der Waals surface area contributed by atoms with Gasteiger partial charge in [0.15, 0.2) is 0 Å². The molecule has 1 aromatic heterocycles. The van der Waals surface area contributed by atoms with Crippen LogP contribution in [-0.2, 0) is 20.9 Å². The Hall–Kier alpha value is -2.90. The first-order chi connectivity index (χ1) is 12.8. The maximum absolute atomic E-state index is 13.2. The van der Waals surface area contributed by atoms with Crippen molar-refractivity contribution in [3.63, 3.8) is 0 Å². The first-order valence-electron chi connectivity index (χ1n) is 8.92. The van der Waals surface area contributed by atoms with E-state index in [-0.39, 0.29) is 37.0 Å². The summed E-state index contributed by atoms with van der Waals surface area (Å²) in [4.78, 5) is 37.7. The molecule has 0 radical (unpaired) electrons. The number of carboxylic acids is 1. The highest BCUT2D eigenvalue weighted by molar-refractivity contribution is 5.81. The van der Waals surface area contributed by atoms with E-state index < -0.39 is 11.5 Å². The second kappa shape index (κ2) is 7.77. The van der Waals surface area contributed by atoms with Crippen molar-refractivity contribution in [1.82, 2.24) is 15.6 Å². The van der Waals surface area contributed by atoms with Crippen LogP contribution < -0.4 is 10.6 Å². The molecule has 27 heavy (non-hydrogen) atoms. The molecule has 144 valence electrons. The summed E-state index contributed by atoms with van der Waals surface area (Å²) in [6, 6.07) is 6.22. The van der Waals surface area contributed by atoms with E-state index in [0.717, 1.165) is 16.6 Å². The van der Waals surface area contributed by atoms with Gasteiger partial charge in [0.25, 0.3) is 0 Å². The average molecular weight is 375 g/mol. The van der Waals surface area contributed by atoms with Gasteiger partial charge in [0.2, 0.25) is 11.8 Å². The molecule has 0 saturated carbocycles. The number of nitrogens with one attached hydrogen (secondary N) is 3. The van der Waals surface area contributed by atoms with Gasteiger partial charge in [-0.2, -0.15) is 0 Å². The zero-order chi connectivity index (χ0) is 19.4. The lowest BCUT2D eigenvalue weighted by atomic mass is 9.86. The van der Waals surface area contributed by atoms with Crippen LogP contribution in [0.5, 0.6) is 0 Å². The van der Waals surface area contributed by atoms with Gasteiger partial charge in [0, 0.05) is 41.4 Å². The number of carbonyl (C=O) groups excluding carboxylic acids is 2. The highest BCUT2D eigenvalue weighted by Gasteiger charge is 2.37. The van der Waals surface area contributed by atoms with Crippen LogP contribution in [0.3, 0.4) is 0 Å².